The minimum absolute atomic E-state index is 0.257. The number of hydrogen-bond acceptors (Lipinski definition) is 5. The number of carboxylic acids is 2. The number of carboxylic acid groups (broad SMARTS) is 2. The molecule has 2 unspecified atom stereocenters. The molecule has 0 bridgehead atoms. The zero-order chi connectivity index (χ0) is 22.9. The monoisotopic (exact) mass is 444 g/mol. The van der Waals surface area contributed by atoms with Crippen molar-refractivity contribution in [3.63, 3.8) is 0 Å². The molecule has 0 aromatic carbocycles. The van der Waals surface area contributed by atoms with Gasteiger partial charge >= 0.3 is 19.8 Å². The van der Waals surface area contributed by atoms with Gasteiger partial charge in [-0.05, 0) is 12.8 Å². The van der Waals surface area contributed by atoms with E-state index in [0.717, 1.165) is 25.7 Å². The van der Waals surface area contributed by atoms with Crippen molar-refractivity contribution in [1.82, 2.24) is 0 Å². The second kappa shape index (κ2) is 16.7. The van der Waals surface area contributed by atoms with Gasteiger partial charge in [0.05, 0.1) is 0 Å². The molecule has 0 spiro atoms. The van der Waals surface area contributed by atoms with Crippen LogP contribution in [0.4, 0.5) is 0 Å². The van der Waals surface area contributed by atoms with Gasteiger partial charge in [0.1, 0.15) is 0 Å². The fraction of sp³-hybridized carbons (Fsp3) is 0.889. The Morgan fingerprint density at radius 2 is 1.10 bits per heavy atom. The number of aliphatic hydroxyl groups is 2. The molecule has 0 aliphatic rings. The SMILES string of the molecule is CCCCCCCCCCCCCCC(O)(C(=O)O)C(O)C(=O)O.O=P(O)(O)O. The third kappa shape index (κ3) is 18.7. The van der Waals surface area contributed by atoms with E-state index in [4.69, 9.17) is 29.5 Å². The largest absolute Gasteiger partial charge is 0.479 e. The first-order valence-corrected chi connectivity index (χ1v) is 11.6. The number of phosphoric acid groups is 1. The van der Waals surface area contributed by atoms with Crippen LogP contribution in [0, 0.1) is 0 Å². The fourth-order valence-corrected chi connectivity index (χ4v) is 2.80. The first-order chi connectivity index (χ1) is 13.4. The van der Waals surface area contributed by atoms with Gasteiger partial charge < -0.3 is 35.1 Å². The van der Waals surface area contributed by atoms with E-state index < -0.39 is 31.5 Å². The summed E-state index contributed by atoms with van der Waals surface area (Å²) in [5.74, 6) is -3.42. The normalized spacial score (nSPS) is 14.4. The maximum Gasteiger partial charge on any atom is 0.466 e. The van der Waals surface area contributed by atoms with Gasteiger partial charge in [0.15, 0.2) is 11.7 Å². The summed E-state index contributed by atoms with van der Waals surface area (Å²) in [6, 6.07) is 0. The summed E-state index contributed by atoms with van der Waals surface area (Å²) >= 11 is 0. The van der Waals surface area contributed by atoms with Gasteiger partial charge in [-0.25, -0.2) is 14.2 Å². The summed E-state index contributed by atoms with van der Waals surface area (Å²) in [5, 5.41) is 36.9. The first-order valence-electron chi connectivity index (χ1n) is 10.0. The van der Waals surface area contributed by atoms with Gasteiger partial charge in [0, 0.05) is 0 Å². The summed E-state index contributed by atoms with van der Waals surface area (Å²) < 4.78 is 8.88. The molecular weight excluding hydrogens is 407 g/mol. The van der Waals surface area contributed by atoms with Crippen LogP contribution in [0.1, 0.15) is 90.4 Å². The average molecular weight is 444 g/mol. The molecule has 0 fully saturated rings. The number of aliphatic hydroxyl groups excluding tert-OH is 1. The van der Waals surface area contributed by atoms with Crippen molar-refractivity contribution in [1.29, 1.82) is 0 Å². The lowest BCUT2D eigenvalue weighted by molar-refractivity contribution is -0.184. The molecule has 0 saturated carbocycles. The smallest absolute Gasteiger partial charge is 0.466 e. The summed E-state index contributed by atoms with van der Waals surface area (Å²) in [6.07, 6.45) is 10.6. The van der Waals surface area contributed by atoms with Gasteiger partial charge in [0.25, 0.3) is 0 Å². The summed E-state index contributed by atoms with van der Waals surface area (Å²) in [5.41, 5.74) is -2.61. The highest BCUT2D eigenvalue weighted by Crippen LogP contribution is 2.25. The number of unbranched alkanes of at least 4 members (excludes halogenated alkanes) is 11. The molecule has 10 nitrogen and oxygen atoms in total. The standard InChI is InChI=1S/C18H34O6.H3O4P/c1-2-3-4-5-6-7-8-9-10-11-12-13-14-18(24,17(22)23)15(19)16(20)21;1-5(2,3)4/h15,19,24H,2-14H2,1H3,(H,20,21)(H,22,23);(H3,1,2,3,4). The van der Waals surface area contributed by atoms with Crippen molar-refractivity contribution in [2.45, 2.75) is 102 Å². The number of carbonyl (C=O) groups is 2. The first kappa shape index (κ1) is 30.2. The van der Waals surface area contributed by atoms with E-state index >= 15 is 0 Å². The van der Waals surface area contributed by atoms with Crippen molar-refractivity contribution in [2.24, 2.45) is 0 Å². The predicted octanol–water partition coefficient (Wildman–Crippen LogP) is 2.41. The van der Waals surface area contributed by atoms with Crippen molar-refractivity contribution < 1.29 is 49.3 Å². The molecule has 174 valence electrons. The Morgan fingerprint density at radius 1 is 0.793 bits per heavy atom. The Kier molecular flexibility index (Phi) is 17.4. The van der Waals surface area contributed by atoms with Gasteiger partial charge in [-0.1, -0.05) is 77.6 Å². The lowest BCUT2D eigenvalue weighted by atomic mass is 9.90. The fourth-order valence-electron chi connectivity index (χ4n) is 2.80. The van der Waals surface area contributed by atoms with Gasteiger partial charge in [-0.3, -0.25) is 0 Å². The molecule has 0 heterocycles. The third-order valence-corrected chi connectivity index (χ3v) is 4.47. The molecule has 0 radical (unpaired) electrons. The second-order valence-electron chi connectivity index (χ2n) is 7.12. The number of aliphatic carboxylic acids is 2. The van der Waals surface area contributed by atoms with Crippen LogP contribution in [0.25, 0.3) is 0 Å². The predicted molar refractivity (Wildman–Crippen MR) is 106 cm³/mol. The van der Waals surface area contributed by atoms with Crippen molar-refractivity contribution >= 4 is 19.8 Å². The molecule has 0 aliphatic carbocycles. The number of hydrogen-bond donors (Lipinski definition) is 7. The van der Waals surface area contributed by atoms with E-state index in [1.165, 1.54) is 44.9 Å². The van der Waals surface area contributed by atoms with Crippen molar-refractivity contribution in [3.8, 4) is 0 Å². The molecular formula is C18H37O10P. The molecule has 0 aromatic rings. The van der Waals surface area contributed by atoms with Gasteiger partial charge in [-0.15, -0.1) is 0 Å². The van der Waals surface area contributed by atoms with E-state index in [1.54, 1.807) is 0 Å². The van der Waals surface area contributed by atoms with Crippen molar-refractivity contribution in [3.05, 3.63) is 0 Å². The van der Waals surface area contributed by atoms with Crippen LogP contribution in [0.2, 0.25) is 0 Å². The quantitative estimate of drug-likeness (QED) is 0.137. The minimum Gasteiger partial charge on any atom is -0.479 e. The lowest BCUT2D eigenvalue weighted by Crippen LogP contribution is -2.53. The molecule has 0 saturated heterocycles. The van der Waals surface area contributed by atoms with E-state index in [0.29, 0.717) is 6.42 Å². The topological polar surface area (TPSA) is 193 Å². The Hall–Kier alpha value is -1.03. The molecule has 7 N–H and O–H groups in total. The van der Waals surface area contributed by atoms with Crippen molar-refractivity contribution in [2.75, 3.05) is 0 Å². The van der Waals surface area contributed by atoms with E-state index in [-0.39, 0.29) is 6.42 Å². The van der Waals surface area contributed by atoms with Crippen LogP contribution in [0.5, 0.6) is 0 Å². The summed E-state index contributed by atoms with van der Waals surface area (Å²) in [4.78, 5) is 43.3. The van der Waals surface area contributed by atoms with E-state index in [1.807, 2.05) is 0 Å². The maximum atomic E-state index is 11.0. The average Bonchev–Trinajstić information content (AvgIpc) is 2.60. The molecule has 2 atom stereocenters. The van der Waals surface area contributed by atoms with Crippen LogP contribution in [0.15, 0.2) is 0 Å². The molecule has 0 amide bonds. The molecule has 0 rings (SSSR count). The minimum atomic E-state index is -4.64. The molecule has 29 heavy (non-hydrogen) atoms. The highest BCUT2D eigenvalue weighted by atomic mass is 31.2. The maximum absolute atomic E-state index is 11.0. The Morgan fingerprint density at radius 3 is 1.38 bits per heavy atom. The lowest BCUT2D eigenvalue weighted by Gasteiger charge is -2.25. The molecule has 11 heteroatoms. The van der Waals surface area contributed by atoms with E-state index in [2.05, 4.69) is 6.92 Å². The highest BCUT2D eigenvalue weighted by Gasteiger charge is 2.47. The van der Waals surface area contributed by atoms with Crippen LogP contribution in [0.3, 0.4) is 0 Å². The second-order valence-corrected chi connectivity index (χ2v) is 8.15. The molecule has 0 aromatic heterocycles. The Labute approximate surface area is 171 Å². The Balaban J connectivity index is 0. The Bertz CT molecular complexity index is 485. The van der Waals surface area contributed by atoms with Gasteiger partial charge in [-0.2, -0.15) is 0 Å². The zero-order valence-corrected chi connectivity index (χ0v) is 18.0. The zero-order valence-electron chi connectivity index (χ0n) is 17.1. The van der Waals surface area contributed by atoms with E-state index in [9.17, 15) is 19.8 Å². The van der Waals surface area contributed by atoms with Crippen LogP contribution >= 0.6 is 7.82 Å². The van der Waals surface area contributed by atoms with Crippen LogP contribution in [-0.4, -0.2) is 58.7 Å². The summed E-state index contributed by atoms with van der Waals surface area (Å²) in [7, 11) is -4.64. The van der Waals surface area contributed by atoms with Crippen LogP contribution in [-0.2, 0) is 14.2 Å². The van der Waals surface area contributed by atoms with Crippen LogP contribution < -0.4 is 0 Å². The number of rotatable bonds is 16. The molecule has 0 aliphatic heterocycles. The third-order valence-electron chi connectivity index (χ3n) is 4.47. The summed E-state index contributed by atoms with van der Waals surface area (Å²) in [6.45, 7) is 2.21. The highest BCUT2D eigenvalue weighted by molar-refractivity contribution is 7.45. The van der Waals surface area contributed by atoms with Gasteiger partial charge in [0.2, 0.25) is 0 Å².